The number of aliphatic hydroxyl groups is 1. The molecule has 2 atom stereocenters. The third-order valence-electron chi connectivity index (χ3n) is 2.11. The molecule has 0 saturated carbocycles. The third-order valence-corrected chi connectivity index (χ3v) is 2.64. The van der Waals surface area contributed by atoms with Crippen molar-refractivity contribution < 1.29 is 53.9 Å². The summed E-state index contributed by atoms with van der Waals surface area (Å²) in [4.78, 5) is 0. The van der Waals surface area contributed by atoms with Gasteiger partial charge in [0.25, 0.3) is 0 Å². The average Bonchev–Trinajstić information content (AvgIpc) is 2.62. The second-order valence-corrected chi connectivity index (χ2v) is 3.88. The van der Waals surface area contributed by atoms with Crippen LogP contribution in [0.3, 0.4) is 0 Å². The predicted octanol–water partition coefficient (Wildman–Crippen LogP) is 2.01. The second-order valence-electron chi connectivity index (χ2n) is 2.96. The first kappa shape index (κ1) is 12.1. The molecule has 67 valence electrons. The Hall–Kier alpha value is 1.06. The number of ether oxygens (including phenoxy) is 1. The first-order chi connectivity index (χ1) is 5.63. The summed E-state index contributed by atoms with van der Waals surface area (Å²) in [7, 11) is 0. The van der Waals surface area contributed by atoms with Gasteiger partial charge in [-0.1, -0.05) is 28.1 Å². The molecule has 0 aliphatic carbocycles. The molecule has 1 aromatic rings. The Bertz CT molecular complexity index is 301. The van der Waals surface area contributed by atoms with Crippen molar-refractivity contribution in [2.45, 2.75) is 18.8 Å². The van der Waals surface area contributed by atoms with Crippen molar-refractivity contribution in [2.24, 2.45) is 0 Å². The summed E-state index contributed by atoms with van der Waals surface area (Å²) in [6.07, 6.45) is -0.0846. The molecule has 0 spiro atoms. The second kappa shape index (κ2) is 4.28. The van der Waals surface area contributed by atoms with Crippen LogP contribution in [0.5, 0.6) is 0 Å². The van der Waals surface area contributed by atoms with Crippen LogP contribution in [-0.2, 0) is 10.5 Å². The van der Waals surface area contributed by atoms with Crippen molar-refractivity contribution in [1.29, 1.82) is 0 Å². The van der Waals surface area contributed by atoms with E-state index < -0.39 is 5.79 Å². The first-order valence-corrected chi connectivity index (χ1v) is 4.58. The molecule has 13 heavy (non-hydrogen) atoms. The van der Waals surface area contributed by atoms with Gasteiger partial charge in [0.1, 0.15) is 6.10 Å². The van der Waals surface area contributed by atoms with Crippen LogP contribution in [0.15, 0.2) is 28.7 Å². The number of rotatable bonds is 1. The van der Waals surface area contributed by atoms with Crippen molar-refractivity contribution in [2.75, 3.05) is 0 Å². The third kappa shape index (κ3) is 2.35. The number of benzene rings is 1. The first-order valence-electron chi connectivity index (χ1n) is 3.79. The van der Waals surface area contributed by atoms with Crippen molar-refractivity contribution in [1.82, 2.24) is 0 Å². The van der Waals surface area contributed by atoms with Gasteiger partial charge in [0.05, 0.1) is 0 Å². The van der Waals surface area contributed by atoms with Crippen LogP contribution in [0.1, 0.15) is 12.5 Å². The van der Waals surface area contributed by atoms with Gasteiger partial charge in [0.15, 0.2) is 0 Å². The summed E-state index contributed by atoms with van der Waals surface area (Å²) in [5, 5.41) is 9.72. The summed E-state index contributed by atoms with van der Waals surface area (Å²) in [5.74, 6) is -1.03. The van der Waals surface area contributed by atoms with Gasteiger partial charge in [0.2, 0.25) is 5.79 Å². The van der Waals surface area contributed by atoms with Gasteiger partial charge in [-0.3, -0.25) is 0 Å². The minimum Gasteiger partial charge on any atom is -0.360 e. The Kier molecular flexibility index (Phi) is 4.00. The maximum atomic E-state index is 9.72. The normalized spacial score (nSPS) is 30.8. The molecule has 0 amide bonds. The van der Waals surface area contributed by atoms with Crippen LogP contribution in [0, 0.1) is 44.1 Å². The Morgan fingerprint density at radius 1 is 1.38 bits per heavy atom. The Morgan fingerprint density at radius 3 is 2.23 bits per heavy atom. The number of epoxide rings is 1. The van der Waals surface area contributed by atoms with E-state index in [0.717, 1.165) is 10.0 Å². The number of hydrogen-bond acceptors (Lipinski definition) is 2. The molecule has 0 bridgehead atoms. The maximum Gasteiger partial charge on any atom is 0.219 e. The Labute approximate surface area is 121 Å². The van der Waals surface area contributed by atoms with Crippen molar-refractivity contribution in [3.8, 4) is 0 Å². The molecule has 1 fully saturated rings. The molecule has 1 aromatic carbocycles. The summed E-state index contributed by atoms with van der Waals surface area (Å²) < 4.78 is 6.07. The summed E-state index contributed by atoms with van der Waals surface area (Å²) in [6.45, 7) is 1.85. The van der Waals surface area contributed by atoms with Gasteiger partial charge < -0.3 is 9.84 Å². The SMILES string of the molecule is CC1O[C@]1(O)c1ccc(Br)cc1.[Ac]. The van der Waals surface area contributed by atoms with E-state index in [1.165, 1.54) is 0 Å². The molecular formula is C9H9AcBrO2. The van der Waals surface area contributed by atoms with Gasteiger partial charge >= 0.3 is 0 Å². The van der Waals surface area contributed by atoms with Crippen molar-refractivity contribution in [3.05, 3.63) is 34.3 Å². The molecule has 1 N–H and O–H groups in total. The summed E-state index contributed by atoms with van der Waals surface area (Å²) >= 11 is 3.33. The molecule has 1 saturated heterocycles. The quantitative estimate of drug-likeness (QED) is 0.657. The standard InChI is InChI=1S/C9H9BrO2.Ac/c1-6-9(11,12-6)7-2-4-8(10)5-3-7;/h2-6,11H,1H3;/t6?,9-;/m0./s1. The van der Waals surface area contributed by atoms with Crippen molar-refractivity contribution in [3.63, 3.8) is 0 Å². The average molecular weight is 456 g/mol. The Balaban J connectivity index is 0.000000845. The maximum absolute atomic E-state index is 9.72. The van der Waals surface area contributed by atoms with Gasteiger partial charge in [-0.05, 0) is 19.1 Å². The van der Waals surface area contributed by atoms with E-state index in [-0.39, 0.29) is 50.2 Å². The van der Waals surface area contributed by atoms with Crippen LogP contribution in [0.2, 0.25) is 0 Å². The molecule has 1 aliphatic heterocycles. The molecule has 1 heterocycles. The number of hydrogen-bond donors (Lipinski definition) is 1. The van der Waals surface area contributed by atoms with Gasteiger partial charge in [-0.2, -0.15) is 0 Å². The van der Waals surface area contributed by atoms with Gasteiger partial charge in [-0.15, -0.1) is 0 Å². The summed E-state index contributed by atoms with van der Waals surface area (Å²) in [5.41, 5.74) is 0.818. The smallest absolute Gasteiger partial charge is 0.219 e. The van der Waals surface area contributed by atoms with Crippen LogP contribution >= 0.6 is 15.9 Å². The van der Waals surface area contributed by atoms with Gasteiger partial charge in [-0.25, -0.2) is 0 Å². The van der Waals surface area contributed by atoms with Crippen LogP contribution in [0.25, 0.3) is 0 Å². The monoisotopic (exact) mass is 455 g/mol. The van der Waals surface area contributed by atoms with Crippen molar-refractivity contribution >= 4 is 15.9 Å². The molecular weight excluding hydrogens is 447 g/mol. The zero-order chi connectivity index (χ0) is 8.77. The minimum absolute atomic E-state index is 0. The van der Waals surface area contributed by atoms with Crippen LogP contribution in [-0.4, -0.2) is 11.2 Å². The fraction of sp³-hybridized carbons (Fsp3) is 0.333. The Morgan fingerprint density at radius 2 is 1.85 bits per heavy atom. The molecule has 4 heteroatoms. The minimum atomic E-state index is -1.03. The van der Waals surface area contributed by atoms with E-state index in [1.807, 2.05) is 31.2 Å². The fourth-order valence-electron chi connectivity index (χ4n) is 1.23. The van der Waals surface area contributed by atoms with E-state index in [0.29, 0.717) is 0 Å². The van der Waals surface area contributed by atoms with E-state index in [9.17, 15) is 5.11 Å². The zero-order valence-corrected chi connectivity index (χ0v) is 13.5. The van der Waals surface area contributed by atoms with E-state index in [2.05, 4.69) is 15.9 Å². The molecule has 1 aliphatic rings. The fourth-order valence-corrected chi connectivity index (χ4v) is 1.49. The molecule has 1 unspecified atom stereocenters. The number of halogens is 1. The van der Waals surface area contributed by atoms with E-state index >= 15 is 0 Å². The summed E-state index contributed by atoms with van der Waals surface area (Å²) in [6, 6.07) is 7.49. The van der Waals surface area contributed by atoms with E-state index in [4.69, 9.17) is 4.74 Å². The molecule has 2 nitrogen and oxygen atoms in total. The molecule has 0 aromatic heterocycles. The topological polar surface area (TPSA) is 32.8 Å². The van der Waals surface area contributed by atoms with Crippen LogP contribution < -0.4 is 0 Å². The molecule has 1 radical (unpaired) electrons. The zero-order valence-electron chi connectivity index (χ0n) is 7.20. The largest absolute Gasteiger partial charge is 0.360 e. The molecule has 2 rings (SSSR count). The van der Waals surface area contributed by atoms with Gasteiger partial charge in [0, 0.05) is 54.1 Å². The van der Waals surface area contributed by atoms with Crippen LogP contribution in [0.4, 0.5) is 0 Å². The van der Waals surface area contributed by atoms with E-state index in [1.54, 1.807) is 0 Å². The predicted molar refractivity (Wildman–Crippen MR) is 48.6 cm³/mol.